The number of rotatable bonds is 3. The molecule has 1 aliphatic carbocycles. The maximum Gasteiger partial charge on any atom is 0.270 e. The highest BCUT2D eigenvalue weighted by molar-refractivity contribution is 8.00. The Hall–Kier alpha value is -2.09. The Morgan fingerprint density at radius 2 is 1.83 bits per heavy atom. The number of carbonyl (C=O) groups excluding carboxylic acids is 2. The van der Waals surface area contributed by atoms with Crippen LogP contribution in [0.15, 0.2) is 24.3 Å². The van der Waals surface area contributed by atoms with E-state index >= 15 is 0 Å². The Labute approximate surface area is 175 Å². The molecule has 1 aromatic rings. The molecule has 0 unspecified atom stereocenters. The summed E-state index contributed by atoms with van der Waals surface area (Å²) in [6, 6.07) is 5.97. The normalized spacial score (nSPS) is 22.1. The van der Waals surface area contributed by atoms with Gasteiger partial charge in [-0.05, 0) is 31.7 Å². The van der Waals surface area contributed by atoms with Crippen molar-refractivity contribution in [3.05, 3.63) is 39.9 Å². The quantitative estimate of drug-likeness (QED) is 0.553. The van der Waals surface area contributed by atoms with Crippen molar-refractivity contribution in [2.75, 3.05) is 25.4 Å². The largest absolute Gasteiger partial charge is 0.342 e. The molecule has 0 aromatic heterocycles. The third-order valence-electron chi connectivity index (χ3n) is 6.54. The number of nitro groups is 1. The molecule has 0 radical (unpaired) electrons. The van der Waals surface area contributed by atoms with Crippen molar-refractivity contribution in [3.63, 3.8) is 0 Å². The van der Waals surface area contributed by atoms with Crippen molar-refractivity contribution >= 4 is 29.3 Å². The van der Waals surface area contributed by atoms with Gasteiger partial charge in [-0.1, -0.05) is 25.3 Å². The summed E-state index contributed by atoms with van der Waals surface area (Å²) in [6.07, 6.45) is 7.07. The molecule has 0 N–H and O–H groups in total. The molecule has 3 aliphatic rings. The molecule has 156 valence electrons. The molecule has 7 nitrogen and oxygen atoms in total. The Balaban J connectivity index is 1.44. The summed E-state index contributed by atoms with van der Waals surface area (Å²) < 4.78 is 0. The van der Waals surface area contributed by atoms with Crippen LogP contribution in [0, 0.1) is 16.0 Å². The minimum Gasteiger partial charge on any atom is -0.342 e. The van der Waals surface area contributed by atoms with Crippen LogP contribution in [0.4, 0.5) is 5.69 Å². The first kappa shape index (κ1) is 20.2. The molecule has 1 saturated carbocycles. The molecule has 29 heavy (non-hydrogen) atoms. The number of carbonyl (C=O) groups is 2. The van der Waals surface area contributed by atoms with Crippen LogP contribution in [-0.2, 0) is 4.79 Å². The zero-order valence-corrected chi connectivity index (χ0v) is 17.4. The first-order chi connectivity index (χ1) is 14.0. The van der Waals surface area contributed by atoms with Gasteiger partial charge in [0.05, 0.1) is 9.79 Å². The molecule has 0 atom stereocenters. The van der Waals surface area contributed by atoms with Gasteiger partial charge in [-0.3, -0.25) is 19.7 Å². The molecule has 3 fully saturated rings. The highest BCUT2D eigenvalue weighted by atomic mass is 32.2. The predicted molar refractivity (Wildman–Crippen MR) is 112 cm³/mol. The predicted octanol–water partition coefficient (Wildman–Crippen LogP) is 3.68. The monoisotopic (exact) mass is 417 g/mol. The smallest absolute Gasteiger partial charge is 0.270 e. The summed E-state index contributed by atoms with van der Waals surface area (Å²) in [5, 5.41) is 11.1. The SMILES string of the molecule is O=C(C1CCCCC1)N1CCC2(CC1)SCCN2C(=O)c1cccc([N+](=O)[O-])c1. The molecular weight excluding hydrogens is 390 g/mol. The van der Waals surface area contributed by atoms with E-state index in [1.807, 2.05) is 9.80 Å². The van der Waals surface area contributed by atoms with Crippen molar-refractivity contribution in [1.29, 1.82) is 0 Å². The summed E-state index contributed by atoms with van der Waals surface area (Å²) in [5.41, 5.74) is 0.298. The summed E-state index contributed by atoms with van der Waals surface area (Å²) in [4.78, 5) is 40.2. The first-order valence-corrected chi connectivity index (χ1v) is 11.5. The van der Waals surface area contributed by atoms with E-state index in [0.29, 0.717) is 31.1 Å². The van der Waals surface area contributed by atoms with Gasteiger partial charge in [0.15, 0.2) is 0 Å². The zero-order chi connectivity index (χ0) is 20.4. The van der Waals surface area contributed by atoms with E-state index in [9.17, 15) is 19.7 Å². The second kappa shape index (κ2) is 8.34. The van der Waals surface area contributed by atoms with Crippen LogP contribution in [0.1, 0.15) is 55.3 Å². The number of likely N-dealkylation sites (tertiary alicyclic amines) is 1. The Morgan fingerprint density at radius 1 is 1.10 bits per heavy atom. The lowest BCUT2D eigenvalue weighted by atomic mass is 9.87. The standard InChI is InChI=1S/C21H27N3O4S/c25-19(16-5-2-1-3-6-16)22-11-9-21(10-12-22)23(13-14-29-21)20(26)17-7-4-8-18(15-17)24(27)28/h4,7-8,15-16H,1-3,5-6,9-14H2. The van der Waals surface area contributed by atoms with E-state index in [0.717, 1.165) is 44.3 Å². The summed E-state index contributed by atoms with van der Waals surface area (Å²) >= 11 is 1.79. The number of hydrogen-bond donors (Lipinski definition) is 0. The van der Waals surface area contributed by atoms with Crippen LogP contribution in [0.5, 0.6) is 0 Å². The van der Waals surface area contributed by atoms with Crippen LogP contribution >= 0.6 is 11.8 Å². The van der Waals surface area contributed by atoms with Crippen LogP contribution in [0.2, 0.25) is 0 Å². The summed E-state index contributed by atoms with van der Waals surface area (Å²) in [6.45, 7) is 2.00. The maximum atomic E-state index is 13.2. The topological polar surface area (TPSA) is 83.8 Å². The third-order valence-corrected chi connectivity index (χ3v) is 8.09. The average Bonchev–Trinajstić information content (AvgIpc) is 3.16. The van der Waals surface area contributed by atoms with Gasteiger partial charge in [-0.15, -0.1) is 11.8 Å². The highest BCUT2D eigenvalue weighted by Crippen LogP contribution is 2.45. The molecule has 1 aromatic carbocycles. The number of nitrogens with zero attached hydrogens (tertiary/aromatic N) is 3. The minimum atomic E-state index is -0.472. The molecular formula is C21H27N3O4S. The van der Waals surface area contributed by atoms with Gasteiger partial charge < -0.3 is 9.80 Å². The number of non-ortho nitro benzene ring substituents is 1. The fourth-order valence-corrected chi connectivity index (χ4v) is 6.36. The van der Waals surface area contributed by atoms with Crippen LogP contribution < -0.4 is 0 Å². The molecule has 1 spiro atoms. The molecule has 2 heterocycles. The molecule has 2 aliphatic heterocycles. The van der Waals surface area contributed by atoms with Crippen molar-refractivity contribution in [2.45, 2.75) is 49.8 Å². The number of amides is 2. The van der Waals surface area contributed by atoms with Crippen LogP contribution in [-0.4, -0.2) is 56.8 Å². The molecule has 2 saturated heterocycles. The van der Waals surface area contributed by atoms with E-state index in [-0.39, 0.29) is 22.4 Å². The van der Waals surface area contributed by atoms with Gasteiger partial charge >= 0.3 is 0 Å². The summed E-state index contributed by atoms with van der Waals surface area (Å²) in [7, 11) is 0. The van der Waals surface area contributed by atoms with Crippen molar-refractivity contribution in [3.8, 4) is 0 Å². The van der Waals surface area contributed by atoms with Gasteiger partial charge in [-0.25, -0.2) is 0 Å². The van der Waals surface area contributed by atoms with Crippen molar-refractivity contribution in [1.82, 2.24) is 9.80 Å². The van der Waals surface area contributed by atoms with E-state index in [1.54, 1.807) is 23.9 Å². The van der Waals surface area contributed by atoms with E-state index in [4.69, 9.17) is 0 Å². The fraction of sp³-hybridized carbons (Fsp3) is 0.619. The van der Waals surface area contributed by atoms with Gasteiger partial charge in [0.25, 0.3) is 11.6 Å². The number of nitro benzene ring substituents is 1. The van der Waals surface area contributed by atoms with Crippen molar-refractivity contribution < 1.29 is 14.5 Å². The second-order valence-electron chi connectivity index (χ2n) is 8.22. The van der Waals surface area contributed by atoms with E-state index in [1.165, 1.54) is 18.6 Å². The fourth-order valence-electron chi connectivity index (χ4n) is 4.90. The highest BCUT2D eigenvalue weighted by Gasteiger charge is 2.47. The summed E-state index contributed by atoms with van der Waals surface area (Å²) in [5.74, 6) is 1.18. The number of piperidine rings is 1. The zero-order valence-electron chi connectivity index (χ0n) is 16.5. The lowest BCUT2D eigenvalue weighted by molar-refractivity contribution is -0.384. The van der Waals surface area contributed by atoms with Crippen LogP contribution in [0.25, 0.3) is 0 Å². The Kier molecular flexibility index (Phi) is 5.81. The number of thioether (sulfide) groups is 1. The van der Waals surface area contributed by atoms with Gasteiger partial charge in [-0.2, -0.15) is 0 Å². The molecule has 0 bridgehead atoms. The lowest BCUT2D eigenvalue weighted by Crippen LogP contribution is -2.54. The number of hydrogen-bond acceptors (Lipinski definition) is 5. The number of benzene rings is 1. The van der Waals surface area contributed by atoms with Gasteiger partial charge in [0, 0.05) is 49.0 Å². The molecule has 2 amide bonds. The Morgan fingerprint density at radius 3 is 2.52 bits per heavy atom. The van der Waals surface area contributed by atoms with Gasteiger partial charge in [0.2, 0.25) is 5.91 Å². The molecule has 4 rings (SSSR count). The van der Waals surface area contributed by atoms with Gasteiger partial charge in [0.1, 0.15) is 0 Å². The van der Waals surface area contributed by atoms with E-state index < -0.39 is 4.92 Å². The average molecular weight is 418 g/mol. The second-order valence-corrected chi connectivity index (χ2v) is 9.68. The first-order valence-electron chi connectivity index (χ1n) is 10.5. The van der Waals surface area contributed by atoms with E-state index in [2.05, 4.69) is 0 Å². The van der Waals surface area contributed by atoms with Crippen LogP contribution in [0.3, 0.4) is 0 Å². The lowest BCUT2D eigenvalue weighted by Gasteiger charge is -2.45. The molecule has 8 heteroatoms. The Bertz CT molecular complexity index is 801. The minimum absolute atomic E-state index is 0.0651. The third kappa shape index (κ3) is 3.99. The maximum absolute atomic E-state index is 13.2. The van der Waals surface area contributed by atoms with Crippen molar-refractivity contribution in [2.24, 2.45) is 5.92 Å².